The monoisotopic (exact) mass is 255 g/mol. The Kier molecular flexibility index (Phi) is 5.28. The van der Waals surface area contributed by atoms with Crippen LogP contribution in [0.15, 0.2) is 4.52 Å². The van der Waals surface area contributed by atoms with Crippen molar-refractivity contribution in [3.05, 3.63) is 11.7 Å². The van der Waals surface area contributed by atoms with Crippen molar-refractivity contribution in [1.29, 1.82) is 0 Å². The Bertz CT molecular complexity index is 357. The smallest absolute Gasteiger partial charge is 0.228 e. The van der Waals surface area contributed by atoms with Crippen LogP contribution in [0.3, 0.4) is 0 Å². The topological polar surface area (TPSA) is 60.2 Å². The van der Waals surface area contributed by atoms with Crippen molar-refractivity contribution < 1.29 is 9.26 Å². The number of aromatic nitrogens is 2. The zero-order chi connectivity index (χ0) is 13.8. The van der Waals surface area contributed by atoms with Gasteiger partial charge >= 0.3 is 0 Å². The fourth-order valence-corrected chi connectivity index (χ4v) is 1.81. The van der Waals surface area contributed by atoms with Crippen LogP contribution in [0, 0.1) is 5.41 Å². The first kappa shape index (κ1) is 15.1. The Morgan fingerprint density at radius 3 is 2.50 bits per heavy atom. The Balaban J connectivity index is 2.63. The molecule has 0 fully saturated rings. The zero-order valence-electron chi connectivity index (χ0n) is 12.3. The number of hydrogen-bond acceptors (Lipinski definition) is 5. The highest BCUT2D eigenvalue weighted by Gasteiger charge is 2.25. The molecule has 2 atom stereocenters. The van der Waals surface area contributed by atoms with Gasteiger partial charge in [-0.3, -0.25) is 0 Å². The van der Waals surface area contributed by atoms with Gasteiger partial charge in [0.05, 0.1) is 6.10 Å². The van der Waals surface area contributed by atoms with Crippen LogP contribution in [0.5, 0.6) is 0 Å². The number of likely N-dealkylation sites (N-methyl/N-ethyl adjacent to an activating group) is 1. The third-order valence-electron chi connectivity index (χ3n) is 3.16. The Morgan fingerprint density at radius 2 is 2.00 bits per heavy atom. The average molecular weight is 255 g/mol. The summed E-state index contributed by atoms with van der Waals surface area (Å²) in [6.45, 7) is 8.57. The van der Waals surface area contributed by atoms with Gasteiger partial charge in [-0.25, -0.2) is 0 Å². The van der Waals surface area contributed by atoms with Crippen molar-refractivity contribution in [3.63, 3.8) is 0 Å². The molecule has 0 spiro atoms. The quantitative estimate of drug-likeness (QED) is 0.840. The molecule has 2 unspecified atom stereocenters. The lowest BCUT2D eigenvalue weighted by molar-refractivity contribution is 0.116. The van der Waals surface area contributed by atoms with Crippen LogP contribution in [0.2, 0.25) is 0 Å². The predicted octanol–water partition coefficient (Wildman–Crippen LogP) is 1.82. The minimum Gasteiger partial charge on any atom is -0.381 e. The lowest BCUT2D eigenvalue weighted by Gasteiger charge is -2.29. The minimum absolute atomic E-state index is 0.109. The Labute approximate surface area is 109 Å². The van der Waals surface area contributed by atoms with Crippen LogP contribution < -0.4 is 5.32 Å². The molecule has 0 radical (unpaired) electrons. The normalized spacial score (nSPS) is 15.7. The van der Waals surface area contributed by atoms with E-state index in [0.29, 0.717) is 24.2 Å². The maximum atomic E-state index is 5.28. The first-order chi connectivity index (χ1) is 8.36. The summed E-state index contributed by atoms with van der Waals surface area (Å²) >= 11 is 0. The Morgan fingerprint density at radius 1 is 1.33 bits per heavy atom. The summed E-state index contributed by atoms with van der Waals surface area (Å²) in [6.07, 6.45) is 1.53. The van der Waals surface area contributed by atoms with Crippen molar-refractivity contribution in [2.45, 2.75) is 52.7 Å². The van der Waals surface area contributed by atoms with Gasteiger partial charge in [0.2, 0.25) is 5.89 Å². The average Bonchev–Trinajstić information content (AvgIpc) is 2.71. The first-order valence-electron chi connectivity index (χ1n) is 6.38. The number of ether oxygens (including phenoxy) is 1. The van der Waals surface area contributed by atoms with E-state index < -0.39 is 0 Å². The van der Waals surface area contributed by atoms with Crippen LogP contribution in [-0.2, 0) is 17.6 Å². The molecule has 1 heterocycles. The van der Waals surface area contributed by atoms with Crippen LogP contribution >= 0.6 is 0 Å². The molecule has 0 aliphatic carbocycles. The minimum atomic E-state index is 0.109. The summed E-state index contributed by atoms with van der Waals surface area (Å²) < 4.78 is 10.5. The van der Waals surface area contributed by atoms with Crippen molar-refractivity contribution in [1.82, 2.24) is 15.5 Å². The van der Waals surface area contributed by atoms with E-state index in [9.17, 15) is 0 Å². The second-order valence-corrected chi connectivity index (χ2v) is 5.77. The molecule has 0 aliphatic heterocycles. The highest BCUT2D eigenvalue weighted by atomic mass is 16.5. The third kappa shape index (κ3) is 4.38. The van der Waals surface area contributed by atoms with Gasteiger partial charge in [0.1, 0.15) is 0 Å². The first-order valence-corrected chi connectivity index (χ1v) is 6.38. The molecule has 18 heavy (non-hydrogen) atoms. The molecule has 1 N–H and O–H groups in total. The number of methoxy groups -OCH3 is 1. The summed E-state index contributed by atoms with van der Waals surface area (Å²) in [6, 6.07) is 0.311. The standard InChI is InChI=1S/C13H25N3O2/c1-9(17-6)7-11-15-12(18-16-11)8-10(14-5)13(2,3)4/h9-10,14H,7-8H2,1-6H3. The van der Waals surface area contributed by atoms with Gasteiger partial charge in [-0.05, 0) is 19.4 Å². The second kappa shape index (κ2) is 6.29. The van der Waals surface area contributed by atoms with E-state index >= 15 is 0 Å². The van der Waals surface area contributed by atoms with Gasteiger partial charge in [-0.15, -0.1) is 0 Å². The van der Waals surface area contributed by atoms with Crippen molar-refractivity contribution in [2.24, 2.45) is 5.41 Å². The molecule has 5 heteroatoms. The largest absolute Gasteiger partial charge is 0.381 e. The molecule has 1 aromatic heterocycles. The highest BCUT2D eigenvalue weighted by molar-refractivity contribution is 4.93. The van der Waals surface area contributed by atoms with Gasteiger partial charge in [-0.2, -0.15) is 4.98 Å². The van der Waals surface area contributed by atoms with Gasteiger partial charge in [0.15, 0.2) is 5.82 Å². The number of nitrogens with one attached hydrogen (secondary N) is 1. The molecule has 0 aliphatic rings. The molecule has 1 aromatic rings. The van der Waals surface area contributed by atoms with E-state index in [-0.39, 0.29) is 11.5 Å². The van der Waals surface area contributed by atoms with E-state index in [0.717, 1.165) is 6.42 Å². The van der Waals surface area contributed by atoms with Crippen LogP contribution in [0.4, 0.5) is 0 Å². The van der Waals surface area contributed by atoms with E-state index in [1.165, 1.54) is 0 Å². The fraction of sp³-hybridized carbons (Fsp3) is 0.846. The van der Waals surface area contributed by atoms with Gasteiger partial charge in [0.25, 0.3) is 0 Å². The molecular weight excluding hydrogens is 230 g/mol. The second-order valence-electron chi connectivity index (χ2n) is 5.77. The van der Waals surface area contributed by atoms with E-state index in [1.807, 2.05) is 14.0 Å². The molecule has 0 saturated heterocycles. The summed E-state index contributed by atoms with van der Waals surface area (Å²) in [5.74, 6) is 1.39. The van der Waals surface area contributed by atoms with Crippen LogP contribution in [-0.4, -0.2) is 36.4 Å². The molecular formula is C13H25N3O2. The van der Waals surface area contributed by atoms with Gasteiger partial charge < -0.3 is 14.6 Å². The van der Waals surface area contributed by atoms with E-state index in [1.54, 1.807) is 7.11 Å². The lowest BCUT2D eigenvalue weighted by atomic mass is 9.85. The van der Waals surface area contributed by atoms with Crippen molar-refractivity contribution >= 4 is 0 Å². The predicted molar refractivity (Wildman–Crippen MR) is 70.5 cm³/mol. The van der Waals surface area contributed by atoms with Crippen LogP contribution in [0.25, 0.3) is 0 Å². The summed E-state index contributed by atoms with van der Waals surface area (Å²) in [7, 11) is 3.64. The van der Waals surface area contributed by atoms with Gasteiger partial charge in [0, 0.05) is 26.0 Å². The van der Waals surface area contributed by atoms with Crippen LogP contribution in [0.1, 0.15) is 39.4 Å². The third-order valence-corrected chi connectivity index (χ3v) is 3.16. The molecule has 0 saturated carbocycles. The van der Waals surface area contributed by atoms with E-state index in [4.69, 9.17) is 9.26 Å². The maximum Gasteiger partial charge on any atom is 0.228 e. The molecule has 0 amide bonds. The Hall–Kier alpha value is -0.940. The van der Waals surface area contributed by atoms with Crippen molar-refractivity contribution in [2.75, 3.05) is 14.2 Å². The lowest BCUT2D eigenvalue weighted by Crippen LogP contribution is -2.39. The molecule has 0 bridgehead atoms. The maximum absolute atomic E-state index is 5.28. The zero-order valence-corrected chi connectivity index (χ0v) is 12.3. The molecule has 5 nitrogen and oxygen atoms in total. The van der Waals surface area contributed by atoms with Crippen molar-refractivity contribution in [3.8, 4) is 0 Å². The highest BCUT2D eigenvalue weighted by Crippen LogP contribution is 2.21. The molecule has 0 aromatic carbocycles. The number of rotatable bonds is 6. The van der Waals surface area contributed by atoms with E-state index in [2.05, 4.69) is 36.2 Å². The summed E-state index contributed by atoms with van der Waals surface area (Å²) in [5.41, 5.74) is 0.156. The molecule has 104 valence electrons. The number of nitrogens with zero attached hydrogens (tertiary/aromatic N) is 2. The number of hydrogen-bond donors (Lipinski definition) is 1. The fourth-order valence-electron chi connectivity index (χ4n) is 1.81. The summed E-state index contributed by atoms with van der Waals surface area (Å²) in [4.78, 5) is 4.40. The molecule has 1 rings (SSSR count). The summed E-state index contributed by atoms with van der Waals surface area (Å²) in [5, 5.41) is 7.28. The SMILES string of the molecule is CNC(Cc1nc(CC(C)OC)no1)C(C)(C)C. The van der Waals surface area contributed by atoms with Gasteiger partial charge in [-0.1, -0.05) is 25.9 Å².